The van der Waals surface area contributed by atoms with Crippen LogP contribution in [0.2, 0.25) is 0 Å². The van der Waals surface area contributed by atoms with Crippen molar-refractivity contribution in [2.75, 3.05) is 5.32 Å². The van der Waals surface area contributed by atoms with Crippen LogP contribution in [0, 0.1) is 24.6 Å². The lowest BCUT2D eigenvalue weighted by Crippen LogP contribution is -2.35. The Morgan fingerprint density at radius 2 is 1.63 bits per heavy atom. The van der Waals surface area contributed by atoms with Gasteiger partial charge in [0.1, 0.15) is 5.82 Å². The number of benzene rings is 2. The van der Waals surface area contributed by atoms with Gasteiger partial charge in [0.25, 0.3) is 0 Å². The van der Waals surface area contributed by atoms with E-state index in [-0.39, 0.29) is 29.5 Å². The number of nitrogens with one attached hydrogen (secondary N) is 2. The van der Waals surface area contributed by atoms with Gasteiger partial charge in [0, 0.05) is 24.1 Å². The van der Waals surface area contributed by atoms with Crippen LogP contribution in [0.1, 0.15) is 36.8 Å². The fourth-order valence-electron chi connectivity index (χ4n) is 3.58. The highest BCUT2D eigenvalue weighted by Crippen LogP contribution is 2.30. The maximum Gasteiger partial charge on any atom is 0.227 e. The van der Waals surface area contributed by atoms with Gasteiger partial charge in [0.05, 0.1) is 0 Å². The molecule has 1 aliphatic rings. The van der Waals surface area contributed by atoms with Gasteiger partial charge in [-0.05, 0) is 56.4 Å². The van der Waals surface area contributed by atoms with Gasteiger partial charge in [-0.15, -0.1) is 0 Å². The molecule has 1 aliphatic carbocycles. The first kappa shape index (κ1) is 19.1. The van der Waals surface area contributed by atoms with E-state index in [9.17, 15) is 14.0 Å². The first-order chi connectivity index (χ1) is 13.0. The lowest BCUT2D eigenvalue weighted by Gasteiger charge is -2.27. The fraction of sp³-hybridized carbons (Fsp3) is 0.364. The van der Waals surface area contributed by atoms with Crippen LogP contribution in [0.3, 0.4) is 0 Å². The summed E-state index contributed by atoms with van der Waals surface area (Å²) in [5.74, 6) is -0.594. The number of aryl methyl sites for hydroxylation is 1. The van der Waals surface area contributed by atoms with E-state index in [1.54, 1.807) is 12.1 Å². The average molecular weight is 368 g/mol. The molecule has 2 N–H and O–H groups in total. The molecule has 2 amide bonds. The molecule has 0 aliphatic heterocycles. The van der Waals surface area contributed by atoms with Crippen LogP contribution >= 0.6 is 0 Å². The zero-order valence-electron chi connectivity index (χ0n) is 15.5. The van der Waals surface area contributed by atoms with Crippen LogP contribution in [0.15, 0.2) is 48.5 Å². The molecule has 5 heteroatoms. The van der Waals surface area contributed by atoms with Crippen LogP contribution in [0.5, 0.6) is 0 Å². The molecule has 0 heterocycles. The fourth-order valence-corrected chi connectivity index (χ4v) is 3.58. The van der Waals surface area contributed by atoms with E-state index in [0.29, 0.717) is 37.9 Å². The summed E-state index contributed by atoms with van der Waals surface area (Å²) in [5.41, 5.74) is 2.73. The van der Waals surface area contributed by atoms with Crippen molar-refractivity contribution in [3.05, 3.63) is 65.5 Å². The summed E-state index contributed by atoms with van der Waals surface area (Å²) in [7, 11) is 0. The second kappa shape index (κ2) is 8.80. The summed E-state index contributed by atoms with van der Waals surface area (Å²) in [6.07, 6.45) is 2.73. The summed E-state index contributed by atoms with van der Waals surface area (Å²) in [4.78, 5) is 24.8. The monoisotopic (exact) mass is 368 g/mol. The first-order valence-corrected chi connectivity index (χ1v) is 9.41. The van der Waals surface area contributed by atoms with Crippen molar-refractivity contribution in [3.63, 3.8) is 0 Å². The third-order valence-electron chi connectivity index (χ3n) is 5.11. The Labute approximate surface area is 159 Å². The summed E-state index contributed by atoms with van der Waals surface area (Å²) >= 11 is 0. The average Bonchev–Trinajstić information content (AvgIpc) is 2.66. The predicted octanol–water partition coefficient (Wildman–Crippen LogP) is 4.20. The van der Waals surface area contributed by atoms with Crippen LogP contribution in [-0.4, -0.2) is 11.8 Å². The summed E-state index contributed by atoms with van der Waals surface area (Å²) in [5, 5.41) is 5.77. The molecule has 0 spiro atoms. The zero-order chi connectivity index (χ0) is 19.2. The molecule has 142 valence electrons. The number of rotatable bonds is 5. The normalized spacial score (nSPS) is 19.3. The van der Waals surface area contributed by atoms with E-state index in [0.717, 1.165) is 5.56 Å². The van der Waals surface area contributed by atoms with Gasteiger partial charge < -0.3 is 10.6 Å². The van der Waals surface area contributed by atoms with Gasteiger partial charge >= 0.3 is 0 Å². The minimum absolute atomic E-state index is 0.0481. The molecular weight excluding hydrogens is 343 g/mol. The van der Waals surface area contributed by atoms with Crippen LogP contribution in [-0.2, 0) is 16.1 Å². The van der Waals surface area contributed by atoms with E-state index in [1.807, 2.05) is 25.1 Å². The SMILES string of the molecule is Cc1cccc(CNC(=O)C2CCC(C(=O)Nc3cccc(F)c3)CC2)c1. The Morgan fingerprint density at radius 1 is 0.963 bits per heavy atom. The second-order valence-corrected chi connectivity index (χ2v) is 7.26. The Balaban J connectivity index is 1.45. The van der Waals surface area contributed by atoms with E-state index in [2.05, 4.69) is 16.7 Å². The number of anilines is 1. The number of hydrogen-bond acceptors (Lipinski definition) is 2. The molecule has 0 radical (unpaired) electrons. The van der Waals surface area contributed by atoms with Gasteiger partial charge in [-0.3, -0.25) is 9.59 Å². The Hall–Kier alpha value is -2.69. The van der Waals surface area contributed by atoms with Gasteiger partial charge in [-0.1, -0.05) is 35.9 Å². The number of amides is 2. The van der Waals surface area contributed by atoms with E-state index in [4.69, 9.17) is 0 Å². The lowest BCUT2D eigenvalue weighted by atomic mass is 9.81. The maximum atomic E-state index is 13.2. The van der Waals surface area contributed by atoms with E-state index < -0.39 is 0 Å². The summed E-state index contributed by atoms with van der Waals surface area (Å²) < 4.78 is 13.2. The van der Waals surface area contributed by atoms with Crippen molar-refractivity contribution in [3.8, 4) is 0 Å². The van der Waals surface area contributed by atoms with Gasteiger partial charge in [0.15, 0.2) is 0 Å². The minimum atomic E-state index is -0.373. The number of halogens is 1. The Morgan fingerprint density at radius 3 is 2.30 bits per heavy atom. The van der Waals surface area contributed by atoms with Crippen LogP contribution < -0.4 is 10.6 Å². The predicted molar refractivity (Wildman–Crippen MR) is 104 cm³/mol. The van der Waals surface area contributed by atoms with E-state index >= 15 is 0 Å². The largest absolute Gasteiger partial charge is 0.352 e. The zero-order valence-corrected chi connectivity index (χ0v) is 15.5. The molecule has 2 aromatic carbocycles. The summed E-state index contributed by atoms with van der Waals surface area (Å²) in [6, 6.07) is 14.0. The molecule has 0 saturated heterocycles. The Bertz CT molecular complexity index is 813. The third kappa shape index (κ3) is 5.39. The minimum Gasteiger partial charge on any atom is -0.352 e. The molecule has 0 aromatic heterocycles. The van der Waals surface area contributed by atoms with Gasteiger partial charge in [0.2, 0.25) is 11.8 Å². The van der Waals surface area contributed by atoms with Crippen molar-refractivity contribution in [2.45, 2.75) is 39.2 Å². The van der Waals surface area contributed by atoms with Crippen LogP contribution in [0.25, 0.3) is 0 Å². The molecule has 1 saturated carbocycles. The number of carbonyl (C=O) groups excluding carboxylic acids is 2. The van der Waals surface area contributed by atoms with Crippen molar-refractivity contribution >= 4 is 17.5 Å². The first-order valence-electron chi connectivity index (χ1n) is 9.41. The molecular formula is C22H25FN2O2. The van der Waals surface area contributed by atoms with Crippen LogP contribution in [0.4, 0.5) is 10.1 Å². The molecule has 27 heavy (non-hydrogen) atoms. The number of hydrogen-bond donors (Lipinski definition) is 2. The molecule has 4 nitrogen and oxygen atoms in total. The summed E-state index contributed by atoms with van der Waals surface area (Å²) in [6.45, 7) is 2.56. The highest BCUT2D eigenvalue weighted by atomic mass is 19.1. The smallest absolute Gasteiger partial charge is 0.227 e. The lowest BCUT2D eigenvalue weighted by molar-refractivity contribution is -0.128. The van der Waals surface area contributed by atoms with Crippen molar-refractivity contribution < 1.29 is 14.0 Å². The molecule has 0 atom stereocenters. The third-order valence-corrected chi connectivity index (χ3v) is 5.11. The maximum absolute atomic E-state index is 13.2. The van der Waals surface area contributed by atoms with Crippen molar-refractivity contribution in [1.82, 2.24) is 5.32 Å². The van der Waals surface area contributed by atoms with Gasteiger partial charge in [-0.2, -0.15) is 0 Å². The number of carbonyl (C=O) groups is 2. The molecule has 0 unspecified atom stereocenters. The quantitative estimate of drug-likeness (QED) is 0.831. The standard InChI is InChI=1S/C22H25FN2O2/c1-15-4-2-5-16(12-15)14-24-21(26)17-8-10-18(11-9-17)22(27)25-20-7-3-6-19(23)13-20/h2-7,12-13,17-18H,8-11,14H2,1H3,(H,24,26)(H,25,27). The molecule has 0 bridgehead atoms. The topological polar surface area (TPSA) is 58.2 Å². The van der Waals surface area contributed by atoms with Crippen molar-refractivity contribution in [2.24, 2.45) is 11.8 Å². The highest BCUT2D eigenvalue weighted by molar-refractivity contribution is 5.92. The van der Waals surface area contributed by atoms with E-state index in [1.165, 1.54) is 17.7 Å². The Kier molecular flexibility index (Phi) is 6.22. The molecule has 2 aromatic rings. The van der Waals surface area contributed by atoms with Crippen molar-refractivity contribution in [1.29, 1.82) is 0 Å². The van der Waals surface area contributed by atoms with Gasteiger partial charge in [-0.25, -0.2) is 4.39 Å². The highest BCUT2D eigenvalue weighted by Gasteiger charge is 2.29. The molecule has 1 fully saturated rings. The molecule has 3 rings (SSSR count). The second-order valence-electron chi connectivity index (χ2n) is 7.26.